The zero-order chi connectivity index (χ0) is 10.3. The number of rotatable bonds is 1. The smallest absolute Gasteiger partial charge is 0.354 e. The van der Waals surface area contributed by atoms with Crippen molar-refractivity contribution in [1.29, 1.82) is 0 Å². The van der Waals surface area contributed by atoms with Crippen LogP contribution in [-0.4, -0.2) is 21.3 Å². The molecule has 0 atom stereocenters. The summed E-state index contributed by atoms with van der Waals surface area (Å²) >= 11 is 0. The van der Waals surface area contributed by atoms with E-state index >= 15 is 0 Å². The van der Waals surface area contributed by atoms with Crippen molar-refractivity contribution in [3.8, 4) is 0 Å². The Bertz CT molecular complexity index is 519. The summed E-state index contributed by atoms with van der Waals surface area (Å²) in [5.41, 5.74) is 0.897. The molecule has 4 nitrogen and oxygen atoms in total. The number of carboxylic acid groups (broad SMARTS) is 1. The molecule has 0 bridgehead atoms. The Morgan fingerprint density at radius 3 is 2.93 bits per heavy atom. The number of aromatic nitrogens is 2. The third-order valence-corrected chi connectivity index (χ3v) is 2.07. The summed E-state index contributed by atoms with van der Waals surface area (Å²) in [7, 11) is 0. The van der Waals surface area contributed by atoms with Crippen LogP contribution < -0.4 is 0 Å². The second-order valence-electron chi connectivity index (χ2n) is 2.99. The summed E-state index contributed by atoms with van der Waals surface area (Å²) in [4.78, 5) is 10.7. The van der Waals surface area contributed by atoms with Crippen LogP contribution in [0.4, 0.5) is 4.39 Å². The van der Waals surface area contributed by atoms with E-state index in [9.17, 15) is 9.18 Å². The van der Waals surface area contributed by atoms with Crippen molar-refractivity contribution >= 4 is 16.9 Å². The van der Waals surface area contributed by atoms with Crippen LogP contribution in [0.25, 0.3) is 10.9 Å². The van der Waals surface area contributed by atoms with Crippen LogP contribution >= 0.6 is 0 Å². The van der Waals surface area contributed by atoms with E-state index in [1.54, 1.807) is 13.0 Å². The number of aromatic amines is 1. The Balaban J connectivity index is 2.90. The lowest BCUT2D eigenvalue weighted by molar-refractivity contribution is 0.0692. The zero-order valence-corrected chi connectivity index (χ0v) is 7.34. The Morgan fingerprint density at radius 1 is 1.57 bits per heavy atom. The van der Waals surface area contributed by atoms with Gasteiger partial charge in [-0.05, 0) is 18.6 Å². The predicted octanol–water partition coefficient (Wildman–Crippen LogP) is 1.71. The largest absolute Gasteiger partial charge is 0.477 e. The monoisotopic (exact) mass is 194 g/mol. The second kappa shape index (κ2) is 2.80. The van der Waals surface area contributed by atoms with Gasteiger partial charge in [0.1, 0.15) is 5.82 Å². The molecule has 0 amide bonds. The number of nitrogens with one attached hydrogen (secondary N) is 1. The third-order valence-electron chi connectivity index (χ3n) is 2.07. The molecule has 0 spiro atoms. The normalized spacial score (nSPS) is 10.7. The van der Waals surface area contributed by atoms with E-state index in [2.05, 4.69) is 10.2 Å². The number of nitrogens with zero attached hydrogens (tertiary/aromatic N) is 1. The van der Waals surface area contributed by atoms with Gasteiger partial charge < -0.3 is 5.11 Å². The van der Waals surface area contributed by atoms with Gasteiger partial charge in [0.25, 0.3) is 0 Å². The molecule has 1 heterocycles. The molecule has 0 fully saturated rings. The molecule has 0 aliphatic rings. The molecule has 14 heavy (non-hydrogen) atoms. The highest BCUT2D eigenvalue weighted by molar-refractivity contribution is 6.01. The van der Waals surface area contributed by atoms with Gasteiger partial charge in [-0.3, -0.25) is 5.10 Å². The van der Waals surface area contributed by atoms with Crippen LogP contribution in [0.5, 0.6) is 0 Å². The Hall–Kier alpha value is -1.91. The summed E-state index contributed by atoms with van der Waals surface area (Å²) < 4.78 is 13.3. The Morgan fingerprint density at radius 2 is 2.29 bits per heavy atom. The van der Waals surface area contributed by atoms with Crippen molar-refractivity contribution in [1.82, 2.24) is 10.2 Å². The molecular weight excluding hydrogens is 187 g/mol. The van der Waals surface area contributed by atoms with E-state index in [1.807, 2.05) is 0 Å². The van der Waals surface area contributed by atoms with Gasteiger partial charge >= 0.3 is 5.97 Å². The van der Waals surface area contributed by atoms with Crippen LogP contribution in [0, 0.1) is 12.7 Å². The summed E-state index contributed by atoms with van der Waals surface area (Å²) in [5.74, 6) is -1.78. The van der Waals surface area contributed by atoms with Crippen molar-refractivity contribution in [3.63, 3.8) is 0 Å². The first-order chi connectivity index (χ1) is 6.61. The number of fused-ring (bicyclic) bond motifs is 1. The highest BCUT2D eigenvalue weighted by atomic mass is 19.1. The van der Waals surface area contributed by atoms with Gasteiger partial charge in [-0.2, -0.15) is 5.10 Å². The minimum absolute atomic E-state index is 0.0394. The molecule has 0 saturated carbocycles. The molecule has 0 radical (unpaired) electrons. The van der Waals surface area contributed by atoms with E-state index < -0.39 is 11.8 Å². The maximum atomic E-state index is 13.3. The van der Waals surface area contributed by atoms with Crippen LogP contribution in [0.2, 0.25) is 0 Å². The molecule has 1 aromatic heterocycles. The number of benzene rings is 1. The quantitative estimate of drug-likeness (QED) is 0.726. The van der Waals surface area contributed by atoms with Gasteiger partial charge in [-0.1, -0.05) is 6.07 Å². The fourth-order valence-corrected chi connectivity index (χ4v) is 1.38. The van der Waals surface area contributed by atoms with Crippen LogP contribution in [0.15, 0.2) is 12.1 Å². The topological polar surface area (TPSA) is 66.0 Å². The van der Waals surface area contributed by atoms with Crippen molar-refractivity contribution in [2.75, 3.05) is 0 Å². The van der Waals surface area contributed by atoms with Crippen LogP contribution in [-0.2, 0) is 0 Å². The summed E-state index contributed by atoms with van der Waals surface area (Å²) in [6.45, 7) is 1.74. The number of hydrogen-bond acceptors (Lipinski definition) is 2. The molecule has 0 aliphatic heterocycles. The second-order valence-corrected chi connectivity index (χ2v) is 2.99. The van der Waals surface area contributed by atoms with E-state index in [0.717, 1.165) is 5.56 Å². The highest BCUT2D eigenvalue weighted by Gasteiger charge is 2.16. The lowest BCUT2D eigenvalue weighted by Gasteiger charge is -1.95. The molecule has 2 aromatic rings. The molecule has 2 N–H and O–H groups in total. The standard InChI is InChI=1S/C9H7FN2O2/c1-4-2-3-5(10)6-7(4)11-12-8(6)9(13)14/h2-3H,1H3,(H,11,12)(H,13,14). The average molecular weight is 194 g/mol. The number of halogens is 1. The first kappa shape index (κ1) is 8.68. The van der Waals surface area contributed by atoms with Crippen molar-refractivity contribution < 1.29 is 14.3 Å². The van der Waals surface area contributed by atoms with E-state index in [4.69, 9.17) is 5.11 Å². The van der Waals surface area contributed by atoms with Crippen molar-refractivity contribution in [3.05, 3.63) is 29.2 Å². The van der Waals surface area contributed by atoms with Gasteiger partial charge in [-0.25, -0.2) is 9.18 Å². The fraction of sp³-hybridized carbons (Fsp3) is 0.111. The van der Waals surface area contributed by atoms with E-state index in [1.165, 1.54) is 6.07 Å². The first-order valence-corrected chi connectivity index (χ1v) is 3.97. The number of H-pyrrole nitrogens is 1. The summed E-state index contributed by atoms with van der Waals surface area (Å²) in [5, 5.41) is 14.8. The highest BCUT2D eigenvalue weighted by Crippen LogP contribution is 2.22. The van der Waals surface area contributed by atoms with E-state index in [-0.39, 0.29) is 11.1 Å². The predicted molar refractivity (Wildman–Crippen MR) is 47.7 cm³/mol. The molecule has 2 rings (SSSR count). The molecule has 5 heteroatoms. The third kappa shape index (κ3) is 1.06. The fourth-order valence-electron chi connectivity index (χ4n) is 1.38. The van der Waals surface area contributed by atoms with Gasteiger partial charge in [0.05, 0.1) is 10.9 Å². The van der Waals surface area contributed by atoms with Gasteiger partial charge in [0, 0.05) is 0 Å². The minimum atomic E-state index is -1.21. The van der Waals surface area contributed by atoms with Gasteiger partial charge in [-0.15, -0.1) is 0 Å². The van der Waals surface area contributed by atoms with Crippen LogP contribution in [0.1, 0.15) is 16.1 Å². The maximum Gasteiger partial charge on any atom is 0.354 e. The van der Waals surface area contributed by atoms with Gasteiger partial charge in [0.2, 0.25) is 0 Å². The molecule has 0 unspecified atom stereocenters. The van der Waals surface area contributed by atoms with E-state index in [0.29, 0.717) is 5.52 Å². The molecule has 0 aliphatic carbocycles. The minimum Gasteiger partial charge on any atom is -0.477 e. The summed E-state index contributed by atoms with van der Waals surface area (Å²) in [6, 6.07) is 2.80. The van der Waals surface area contributed by atoms with Crippen molar-refractivity contribution in [2.24, 2.45) is 0 Å². The van der Waals surface area contributed by atoms with Gasteiger partial charge in [0.15, 0.2) is 5.69 Å². The number of aromatic carboxylic acids is 1. The molecular formula is C9H7FN2O2. The first-order valence-electron chi connectivity index (χ1n) is 3.97. The lowest BCUT2D eigenvalue weighted by atomic mass is 10.1. The van der Waals surface area contributed by atoms with Crippen molar-refractivity contribution in [2.45, 2.75) is 6.92 Å². The zero-order valence-electron chi connectivity index (χ0n) is 7.34. The average Bonchev–Trinajstić information content (AvgIpc) is 2.56. The Kier molecular flexibility index (Phi) is 1.73. The molecule has 1 aromatic carbocycles. The maximum absolute atomic E-state index is 13.3. The lowest BCUT2D eigenvalue weighted by Crippen LogP contribution is -1.98. The summed E-state index contributed by atoms with van der Waals surface area (Å²) in [6.07, 6.45) is 0. The number of aryl methyl sites for hydroxylation is 1. The number of carbonyl (C=O) groups is 1. The Labute approximate surface area is 78.4 Å². The molecule has 72 valence electrons. The number of carboxylic acids is 1. The number of hydrogen-bond donors (Lipinski definition) is 2. The SMILES string of the molecule is Cc1ccc(F)c2c(C(=O)O)[nH]nc12. The molecule has 0 saturated heterocycles. The van der Waals surface area contributed by atoms with Crippen LogP contribution in [0.3, 0.4) is 0 Å².